The number of ether oxygens (including phenoxy) is 4. The van der Waals surface area contributed by atoms with Gasteiger partial charge in [0.2, 0.25) is 5.60 Å². The van der Waals surface area contributed by atoms with Crippen LogP contribution in [0.4, 0.5) is 5.69 Å². The van der Waals surface area contributed by atoms with Crippen molar-refractivity contribution in [2.75, 3.05) is 66.0 Å². The highest BCUT2D eigenvalue weighted by Gasteiger charge is 2.80. The molecule has 1 spiro atoms. The van der Waals surface area contributed by atoms with Crippen molar-refractivity contribution in [2.24, 2.45) is 11.3 Å². The van der Waals surface area contributed by atoms with Crippen molar-refractivity contribution in [3.63, 3.8) is 0 Å². The van der Waals surface area contributed by atoms with E-state index in [4.69, 9.17) is 29.2 Å². The molecule has 2 saturated heterocycles. The number of aromatic nitrogens is 1. The summed E-state index contributed by atoms with van der Waals surface area (Å²) in [5.41, 5.74) is -1.62. The molecule has 2 bridgehead atoms. The maximum absolute atomic E-state index is 15.3. The molecule has 2 aromatic carbocycles. The van der Waals surface area contributed by atoms with E-state index < -0.39 is 69.6 Å². The molecule has 2 unspecified atom stereocenters. The topological polar surface area (TPSA) is 212 Å². The number of hydrogen-bond acceptors (Lipinski definition) is 14. The number of rotatable bonds is 8. The fourth-order valence-electron chi connectivity index (χ4n) is 13.5. The highest BCUT2D eigenvalue weighted by atomic mass is 16.6. The van der Waals surface area contributed by atoms with Gasteiger partial charge in [-0.3, -0.25) is 19.4 Å². The minimum Gasteiger partial charge on any atom is -0.496 e. The molecule has 5 N–H and O–H groups in total. The molecule has 1 aromatic heterocycles. The number of aliphatic hydroxyl groups is 3. The molecule has 3 aromatic rings. The average molecular weight is 901 g/mol. The van der Waals surface area contributed by atoms with Crippen molar-refractivity contribution in [1.82, 2.24) is 14.8 Å². The summed E-state index contributed by atoms with van der Waals surface area (Å²) in [5.74, 6) is -2.75. The number of fused-ring (bicyclic) bond motifs is 6. The minimum atomic E-state index is -2.30. The zero-order valence-corrected chi connectivity index (χ0v) is 38.7. The van der Waals surface area contributed by atoms with Gasteiger partial charge in [0, 0.05) is 90.9 Å². The van der Waals surface area contributed by atoms with Crippen LogP contribution in [-0.2, 0) is 50.6 Å². The lowest BCUT2D eigenvalue weighted by Gasteiger charge is -2.63. The van der Waals surface area contributed by atoms with Crippen LogP contribution in [0, 0.1) is 11.3 Å². The van der Waals surface area contributed by atoms with Gasteiger partial charge in [0.05, 0.1) is 33.0 Å². The van der Waals surface area contributed by atoms with Crippen molar-refractivity contribution < 1.29 is 58.6 Å². The standard InChI is InChI=1S/C46H58N4O9.C3H6O3/c1-8-42(54)23-28-24-45(40(52)57-6,36-30(15-19-49(25-28)26-42)29-13-10-11-14-33(29)47-36)32-21-31-34(22-35(32)56-5)48(4)38-44(31)17-20-50-18-12-16-43(9-2,37(44)50)39(59-27(3)51)46(38,55)41(53)58-7;1-2(4)3(5)6/h10-14,16,21-22,28,37-39,47,54-55H,8-9,15,17-20,23-26H2,1-7H3;2,4H,1H3,(H,5,6)/t28-,37+,38-,39-,42+,43-,44-,45+,46+;/m1./s1. The number of aromatic amines is 1. The maximum atomic E-state index is 15.3. The Bertz CT molecular complexity index is 2420. The Morgan fingerprint density at radius 3 is 2.29 bits per heavy atom. The lowest BCUT2D eigenvalue weighted by molar-refractivity contribution is -0.228. The first-order chi connectivity index (χ1) is 30.9. The second-order valence-electron chi connectivity index (χ2n) is 19.2. The predicted octanol–water partition coefficient (Wildman–Crippen LogP) is 3.44. The van der Waals surface area contributed by atoms with Crippen LogP contribution in [0.5, 0.6) is 5.75 Å². The van der Waals surface area contributed by atoms with Crippen molar-refractivity contribution in [3.05, 3.63) is 70.9 Å². The van der Waals surface area contributed by atoms with Gasteiger partial charge in [0.25, 0.3) is 0 Å². The quantitative estimate of drug-likeness (QED) is 0.125. The number of aliphatic hydroxyl groups excluding tert-OH is 1. The molecule has 0 radical (unpaired) electrons. The monoisotopic (exact) mass is 900 g/mol. The number of piperidine rings is 1. The number of benzene rings is 2. The van der Waals surface area contributed by atoms with Crippen LogP contribution < -0.4 is 9.64 Å². The summed E-state index contributed by atoms with van der Waals surface area (Å²) in [6.45, 7) is 9.82. The first-order valence-electron chi connectivity index (χ1n) is 22.8. The molecular weight excluding hydrogens is 837 g/mol. The Morgan fingerprint density at radius 2 is 1.66 bits per heavy atom. The molecule has 6 heterocycles. The molecule has 9 rings (SSSR count). The third kappa shape index (κ3) is 6.71. The van der Waals surface area contributed by atoms with E-state index in [-0.39, 0.29) is 12.0 Å². The molecular formula is C49H64N4O12. The maximum Gasteiger partial charge on any atom is 0.344 e. The van der Waals surface area contributed by atoms with Crippen LogP contribution in [0.2, 0.25) is 0 Å². The number of H-pyrrole nitrogens is 1. The van der Waals surface area contributed by atoms with E-state index in [2.05, 4.69) is 39.1 Å². The van der Waals surface area contributed by atoms with E-state index in [0.29, 0.717) is 82.6 Å². The summed E-state index contributed by atoms with van der Waals surface area (Å²) in [4.78, 5) is 62.6. The Hall–Kier alpha value is -5.00. The van der Waals surface area contributed by atoms with E-state index in [1.165, 1.54) is 28.1 Å². The van der Waals surface area contributed by atoms with Crippen LogP contribution in [-0.4, -0.2) is 156 Å². The zero-order valence-electron chi connectivity index (χ0n) is 38.7. The number of likely N-dealkylation sites (N-methyl/N-ethyl adjacent to an activating group) is 1. The molecule has 1 aliphatic carbocycles. The Labute approximate surface area is 379 Å². The number of methoxy groups -OCH3 is 3. The Morgan fingerprint density at radius 1 is 0.954 bits per heavy atom. The highest BCUT2D eigenvalue weighted by Crippen LogP contribution is 2.68. The van der Waals surface area contributed by atoms with Crippen molar-refractivity contribution >= 4 is 40.5 Å². The second-order valence-corrected chi connectivity index (χ2v) is 19.2. The van der Waals surface area contributed by atoms with E-state index >= 15 is 4.79 Å². The van der Waals surface area contributed by atoms with Crippen LogP contribution in [0.3, 0.4) is 0 Å². The third-order valence-corrected chi connectivity index (χ3v) is 16.0. The van der Waals surface area contributed by atoms with E-state index in [9.17, 15) is 24.6 Å². The lowest BCUT2D eigenvalue weighted by Crippen LogP contribution is -2.81. The van der Waals surface area contributed by atoms with E-state index in [1.807, 2.05) is 50.1 Å². The molecule has 352 valence electrons. The number of nitrogens with zero attached hydrogens (tertiary/aromatic N) is 3. The number of hydrogen-bond donors (Lipinski definition) is 5. The number of carbonyl (C=O) groups excluding carboxylic acids is 3. The number of aliphatic carboxylic acids is 1. The summed E-state index contributed by atoms with van der Waals surface area (Å²) < 4.78 is 23.9. The molecule has 11 atom stereocenters. The Kier molecular flexibility index (Phi) is 12.0. The summed E-state index contributed by atoms with van der Waals surface area (Å²) in [7, 11) is 6.15. The van der Waals surface area contributed by atoms with Crippen molar-refractivity contribution in [3.8, 4) is 5.75 Å². The third-order valence-electron chi connectivity index (χ3n) is 16.0. The van der Waals surface area contributed by atoms with Gasteiger partial charge in [0.1, 0.15) is 17.3 Å². The summed E-state index contributed by atoms with van der Waals surface area (Å²) in [6.07, 6.45) is 4.71. The number of esters is 3. The van der Waals surface area contributed by atoms with Crippen molar-refractivity contribution in [2.45, 2.75) is 113 Å². The van der Waals surface area contributed by atoms with Crippen LogP contribution >= 0.6 is 0 Å². The lowest BCUT2D eigenvalue weighted by atomic mass is 9.47. The summed E-state index contributed by atoms with van der Waals surface area (Å²) in [6, 6.07) is 11.0. The minimum absolute atomic E-state index is 0.0986. The van der Waals surface area contributed by atoms with Crippen molar-refractivity contribution in [1.29, 1.82) is 0 Å². The number of anilines is 1. The highest BCUT2D eigenvalue weighted by molar-refractivity contribution is 5.95. The molecule has 16 heteroatoms. The molecule has 6 aliphatic rings. The smallest absolute Gasteiger partial charge is 0.344 e. The normalized spacial score (nSPS) is 34.8. The van der Waals surface area contributed by atoms with Gasteiger partial charge in [-0.1, -0.05) is 44.2 Å². The molecule has 0 amide bonds. The van der Waals surface area contributed by atoms with E-state index in [0.717, 1.165) is 33.4 Å². The number of carboxylic acids is 1. The number of para-hydroxylation sites is 1. The van der Waals surface area contributed by atoms with Gasteiger partial charge < -0.3 is 49.3 Å². The summed E-state index contributed by atoms with van der Waals surface area (Å²) in [5, 5.41) is 42.1. The van der Waals surface area contributed by atoms with Gasteiger partial charge in [-0.2, -0.15) is 0 Å². The van der Waals surface area contributed by atoms with Gasteiger partial charge in [-0.05, 0) is 81.2 Å². The molecule has 16 nitrogen and oxygen atoms in total. The van der Waals surface area contributed by atoms with Crippen LogP contribution in [0.1, 0.15) is 82.2 Å². The first kappa shape index (κ1) is 46.5. The SMILES string of the molecule is CC(O)C(=O)O.CC[C@]1(O)C[C@H]2CN(CCc3c([nH]c4ccccc34)[C@@](C(=O)OC)(c3cc4c(cc3OC)N(C)[C@H]3[C@@](O)(C(=O)OC)[C@H](OC(C)=O)[C@]5(CC)C=CCN6CC[C@]43[C@@H]65)C2)C1. The van der Waals surface area contributed by atoms with E-state index in [1.54, 1.807) is 7.11 Å². The van der Waals surface area contributed by atoms with Gasteiger partial charge >= 0.3 is 23.9 Å². The van der Waals surface area contributed by atoms with Gasteiger partial charge in [0.15, 0.2) is 6.10 Å². The van der Waals surface area contributed by atoms with Crippen LogP contribution in [0.15, 0.2) is 48.6 Å². The van der Waals surface area contributed by atoms with Gasteiger partial charge in [-0.25, -0.2) is 9.59 Å². The number of carboxylic acid groups (broad SMARTS) is 1. The zero-order chi connectivity index (χ0) is 47.0. The Balaban J connectivity index is 0.000000900. The average Bonchev–Trinajstić information content (AvgIpc) is 3.95. The largest absolute Gasteiger partial charge is 0.496 e. The fraction of sp³-hybridized carbons (Fsp3) is 0.592. The second kappa shape index (κ2) is 16.7. The molecule has 3 fully saturated rings. The first-order valence-corrected chi connectivity index (χ1v) is 22.8. The van der Waals surface area contributed by atoms with Crippen LogP contribution in [0.25, 0.3) is 10.9 Å². The molecule has 65 heavy (non-hydrogen) atoms. The molecule has 1 saturated carbocycles. The number of nitrogens with one attached hydrogen (secondary N) is 1. The number of carbonyl (C=O) groups is 4. The fourth-order valence-corrected chi connectivity index (χ4v) is 13.5. The summed E-state index contributed by atoms with van der Waals surface area (Å²) >= 11 is 0. The predicted molar refractivity (Wildman–Crippen MR) is 240 cm³/mol. The molecule has 5 aliphatic heterocycles. The van der Waals surface area contributed by atoms with Gasteiger partial charge in [-0.15, -0.1) is 0 Å².